The van der Waals surface area contributed by atoms with Gasteiger partial charge in [0.25, 0.3) is 0 Å². The van der Waals surface area contributed by atoms with Crippen molar-refractivity contribution < 1.29 is 19.4 Å². The molecule has 0 bridgehead atoms. The van der Waals surface area contributed by atoms with Crippen molar-refractivity contribution in [3.8, 4) is 0 Å². The van der Waals surface area contributed by atoms with Gasteiger partial charge in [-0.1, -0.05) is 11.6 Å². The normalized spacial score (nSPS) is 26.9. The van der Waals surface area contributed by atoms with Crippen LogP contribution >= 0.6 is 11.6 Å². The topological polar surface area (TPSA) is 63.6 Å². The third kappa shape index (κ3) is 2.87. The van der Waals surface area contributed by atoms with Crippen LogP contribution in [0.5, 0.6) is 0 Å². The highest BCUT2D eigenvalue weighted by Gasteiger charge is 2.30. The number of hydrogen-bond donors (Lipinski definition) is 1. The third-order valence-corrected chi connectivity index (χ3v) is 2.72. The lowest BCUT2D eigenvalue weighted by Crippen LogP contribution is -2.26. The first-order valence-electron chi connectivity index (χ1n) is 4.60. The summed E-state index contributed by atoms with van der Waals surface area (Å²) in [5.41, 5.74) is 0. The van der Waals surface area contributed by atoms with Crippen LogP contribution in [-0.2, 0) is 14.3 Å². The van der Waals surface area contributed by atoms with Crippen LogP contribution in [-0.4, -0.2) is 23.1 Å². The molecule has 1 aliphatic carbocycles. The molecule has 1 N–H and O–H groups in total. The van der Waals surface area contributed by atoms with E-state index in [4.69, 9.17) is 16.7 Å². The Balaban J connectivity index is 2.35. The maximum absolute atomic E-state index is 11.2. The first-order valence-corrected chi connectivity index (χ1v) is 5.14. The number of carboxylic acids is 1. The lowest BCUT2D eigenvalue weighted by molar-refractivity contribution is -0.151. The molecule has 4 nitrogen and oxygen atoms in total. The molecular formula is C9H13ClO4. The van der Waals surface area contributed by atoms with E-state index in [9.17, 15) is 9.59 Å². The Labute approximate surface area is 87.2 Å². The lowest BCUT2D eigenvalue weighted by atomic mass is 9.82. The van der Waals surface area contributed by atoms with Gasteiger partial charge in [0.15, 0.2) is 6.07 Å². The third-order valence-electron chi connectivity index (χ3n) is 2.61. The molecule has 0 saturated heterocycles. The summed E-state index contributed by atoms with van der Waals surface area (Å²) in [6.45, 7) is 0. The molecule has 0 spiro atoms. The van der Waals surface area contributed by atoms with Crippen molar-refractivity contribution in [3.05, 3.63) is 0 Å². The predicted octanol–water partition coefficient (Wildman–Crippen LogP) is 1.62. The number of halogens is 1. The van der Waals surface area contributed by atoms with Crippen molar-refractivity contribution in [3.63, 3.8) is 0 Å². The largest absolute Gasteiger partial charge is 0.481 e. The van der Waals surface area contributed by atoms with Crippen molar-refractivity contribution in [2.75, 3.05) is 6.07 Å². The van der Waals surface area contributed by atoms with Gasteiger partial charge < -0.3 is 9.84 Å². The maximum atomic E-state index is 11.2. The molecule has 0 amide bonds. The molecule has 14 heavy (non-hydrogen) atoms. The highest BCUT2D eigenvalue weighted by molar-refractivity contribution is 6.17. The summed E-state index contributed by atoms with van der Waals surface area (Å²) in [5.74, 6) is -1.53. The zero-order valence-electron chi connectivity index (χ0n) is 7.74. The van der Waals surface area contributed by atoms with Crippen LogP contribution in [0.3, 0.4) is 0 Å². The van der Waals surface area contributed by atoms with Crippen molar-refractivity contribution in [2.45, 2.75) is 25.7 Å². The molecule has 0 atom stereocenters. The monoisotopic (exact) mass is 220 g/mol. The van der Waals surface area contributed by atoms with Crippen LogP contribution < -0.4 is 0 Å². The SMILES string of the molecule is O=C(O)C1CCC(C(=O)OCCl)CC1. The second-order valence-electron chi connectivity index (χ2n) is 3.46. The molecular weight excluding hydrogens is 208 g/mol. The Morgan fingerprint density at radius 1 is 1.21 bits per heavy atom. The number of rotatable bonds is 3. The number of aliphatic carboxylic acids is 1. The molecule has 1 rings (SSSR count). The minimum Gasteiger partial charge on any atom is -0.481 e. The van der Waals surface area contributed by atoms with Gasteiger partial charge in [0.05, 0.1) is 11.8 Å². The van der Waals surface area contributed by atoms with Gasteiger partial charge >= 0.3 is 11.9 Å². The number of hydrogen-bond acceptors (Lipinski definition) is 3. The summed E-state index contributed by atoms with van der Waals surface area (Å²) in [7, 11) is 0. The van der Waals surface area contributed by atoms with Gasteiger partial charge in [-0.2, -0.15) is 0 Å². The molecule has 0 aromatic carbocycles. The number of alkyl halides is 1. The molecule has 5 heteroatoms. The smallest absolute Gasteiger partial charge is 0.310 e. The van der Waals surface area contributed by atoms with E-state index in [0.29, 0.717) is 25.7 Å². The van der Waals surface area contributed by atoms with Crippen molar-refractivity contribution >= 4 is 23.5 Å². The number of carbonyl (C=O) groups excluding carboxylic acids is 1. The Morgan fingerprint density at radius 2 is 1.71 bits per heavy atom. The van der Waals surface area contributed by atoms with Gasteiger partial charge in [0.2, 0.25) is 0 Å². The Bertz CT molecular complexity index is 221. The van der Waals surface area contributed by atoms with Crippen LogP contribution in [0.1, 0.15) is 25.7 Å². The zero-order chi connectivity index (χ0) is 10.6. The summed E-state index contributed by atoms with van der Waals surface area (Å²) in [5, 5.41) is 8.73. The fourth-order valence-electron chi connectivity index (χ4n) is 1.75. The molecule has 1 saturated carbocycles. The molecule has 0 radical (unpaired) electrons. The van der Waals surface area contributed by atoms with Crippen molar-refractivity contribution in [1.82, 2.24) is 0 Å². The van der Waals surface area contributed by atoms with E-state index in [1.165, 1.54) is 0 Å². The quantitative estimate of drug-likeness (QED) is 0.580. The van der Waals surface area contributed by atoms with Crippen LogP contribution in [0.2, 0.25) is 0 Å². The number of esters is 1. The molecule has 0 aromatic rings. The molecule has 1 aliphatic rings. The van der Waals surface area contributed by atoms with Gasteiger partial charge in [0, 0.05) is 0 Å². The summed E-state index contributed by atoms with van der Waals surface area (Å²) >= 11 is 5.26. The van der Waals surface area contributed by atoms with Gasteiger partial charge in [-0.15, -0.1) is 0 Å². The molecule has 0 aromatic heterocycles. The van der Waals surface area contributed by atoms with E-state index in [0.717, 1.165) is 0 Å². The Hall–Kier alpha value is -0.770. The standard InChI is InChI=1S/C9H13ClO4/c10-5-14-9(13)7-3-1-6(2-4-7)8(11)12/h6-7H,1-5H2,(H,11,12). The fraction of sp³-hybridized carbons (Fsp3) is 0.778. The van der Waals surface area contributed by atoms with E-state index in [-0.39, 0.29) is 23.9 Å². The number of ether oxygens (including phenoxy) is 1. The fourth-order valence-corrected chi connectivity index (χ4v) is 1.86. The summed E-state index contributed by atoms with van der Waals surface area (Å²) in [6.07, 6.45) is 2.29. The van der Waals surface area contributed by atoms with Gasteiger partial charge in [-0.25, -0.2) is 0 Å². The average molecular weight is 221 g/mol. The predicted molar refractivity (Wildman–Crippen MR) is 49.9 cm³/mol. The minimum atomic E-state index is -0.769. The van der Waals surface area contributed by atoms with Crippen molar-refractivity contribution in [1.29, 1.82) is 0 Å². The van der Waals surface area contributed by atoms with Gasteiger partial charge in [-0.3, -0.25) is 9.59 Å². The van der Waals surface area contributed by atoms with Crippen molar-refractivity contribution in [2.24, 2.45) is 11.8 Å². The Morgan fingerprint density at radius 3 is 2.14 bits per heavy atom. The van der Waals surface area contributed by atoms with Crippen LogP contribution in [0.15, 0.2) is 0 Å². The second kappa shape index (κ2) is 5.20. The van der Waals surface area contributed by atoms with E-state index in [1.807, 2.05) is 0 Å². The molecule has 0 heterocycles. The summed E-state index contributed by atoms with van der Waals surface area (Å²) in [4.78, 5) is 21.8. The Kier molecular flexibility index (Phi) is 4.20. The second-order valence-corrected chi connectivity index (χ2v) is 3.68. The zero-order valence-corrected chi connectivity index (χ0v) is 8.50. The van der Waals surface area contributed by atoms with E-state index >= 15 is 0 Å². The van der Waals surface area contributed by atoms with E-state index in [2.05, 4.69) is 4.74 Å². The highest BCUT2D eigenvalue weighted by Crippen LogP contribution is 2.29. The maximum Gasteiger partial charge on any atom is 0.310 e. The first-order chi connectivity index (χ1) is 6.65. The highest BCUT2D eigenvalue weighted by atomic mass is 35.5. The van der Waals surface area contributed by atoms with E-state index in [1.54, 1.807) is 0 Å². The van der Waals surface area contributed by atoms with Crippen LogP contribution in [0.4, 0.5) is 0 Å². The average Bonchev–Trinajstić information content (AvgIpc) is 2.18. The van der Waals surface area contributed by atoms with Gasteiger partial charge in [-0.05, 0) is 25.7 Å². The molecule has 80 valence electrons. The summed E-state index contributed by atoms with van der Waals surface area (Å²) in [6, 6.07) is -0.127. The van der Waals surface area contributed by atoms with Crippen LogP contribution in [0, 0.1) is 11.8 Å². The summed E-state index contributed by atoms with van der Waals surface area (Å²) < 4.78 is 4.66. The number of carboxylic acid groups (broad SMARTS) is 1. The molecule has 1 fully saturated rings. The molecule has 0 unspecified atom stereocenters. The van der Waals surface area contributed by atoms with E-state index < -0.39 is 5.97 Å². The lowest BCUT2D eigenvalue weighted by Gasteiger charge is -2.24. The number of carbonyl (C=O) groups is 2. The molecule has 0 aliphatic heterocycles. The van der Waals surface area contributed by atoms with Crippen LogP contribution in [0.25, 0.3) is 0 Å². The minimum absolute atomic E-state index is 0.127. The first kappa shape index (κ1) is 11.3. The van der Waals surface area contributed by atoms with Gasteiger partial charge in [0.1, 0.15) is 0 Å².